The summed E-state index contributed by atoms with van der Waals surface area (Å²) in [6.07, 6.45) is 5.00. The lowest BCUT2D eigenvalue weighted by molar-refractivity contribution is 0.157. The van der Waals surface area contributed by atoms with Gasteiger partial charge < -0.3 is 20.1 Å². The maximum Gasteiger partial charge on any atom is 0.191 e. The van der Waals surface area contributed by atoms with Crippen LogP contribution in [-0.2, 0) is 11.3 Å². The van der Waals surface area contributed by atoms with Crippen LogP contribution in [0.15, 0.2) is 23.2 Å². The van der Waals surface area contributed by atoms with Crippen molar-refractivity contribution in [3.63, 3.8) is 0 Å². The predicted octanol–water partition coefficient (Wildman–Crippen LogP) is 3.96. The van der Waals surface area contributed by atoms with Gasteiger partial charge in [0.1, 0.15) is 5.75 Å². The van der Waals surface area contributed by atoms with Gasteiger partial charge in [-0.05, 0) is 57.8 Å². The topological polar surface area (TPSA) is 58.1 Å². The third kappa shape index (κ3) is 8.42. The van der Waals surface area contributed by atoms with Gasteiger partial charge >= 0.3 is 0 Å². The van der Waals surface area contributed by atoms with Gasteiger partial charge in [0.15, 0.2) is 5.96 Å². The third-order valence-corrected chi connectivity index (χ3v) is 6.13. The number of hydrogen-bond donors (Lipinski definition) is 2. The summed E-state index contributed by atoms with van der Waals surface area (Å²) >= 11 is 0. The van der Waals surface area contributed by atoms with E-state index in [1.54, 1.807) is 0 Å². The van der Waals surface area contributed by atoms with Crippen LogP contribution in [0, 0.1) is 12.8 Å². The van der Waals surface area contributed by atoms with Gasteiger partial charge in [0.25, 0.3) is 0 Å². The maximum atomic E-state index is 6.18. The smallest absolute Gasteiger partial charge is 0.191 e. The number of aliphatic imine (C=N–C) groups is 1. The van der Waals surface area contributed by atoms with Crippen molar-refractivity contribution in [1.29, 1.82) is 0 Å². The first kappa shape index (κ1) is 26.2. The minimum atomic E-state index is 0. The van der Waals surface area contributed by atoms with Gasteiger partial charge in [0.2, 0.25) is 0 Å². The fourth-order valence-electron chi connectivity index (χ4n) is 4.28. The number of aryl methyl sites for hydroxylation is 1. The number of ether oxygens (including phenoxy) is 2. The number of rotatable bonds is 9. The highest BCUT2D eigenvalue weighted by molar-refractivity contribution is 14.0. The Morgan fingerprint density at radius 1 is 1.23 bits per heavy atom. The van der Waals surface area contributed by atoms with E-state index < -0.39 is 0 Å². The molecule has 2 aliphatic rings. The summed E-state index contributed by atoms with van der Waals surface area (Å²) in [5, 5.41) is 6.97. The zero-order chi connectivity index (χ0) is 21.2. The van der Waals surface area contributed by atoms with Crippen molar-refractivity contribution in [2.75, 3.05) is 46.0 Å². The van der Waals surface area contributed by atoms with Crippen LogP contribution in [0.1, 0.15) is 50.7 Å². The molecule has 2 N–H and O–H groups in total. The van der Waals surface area contributed by atoms with Crippen molar-refractivity contribution >= 4 is 29.9 Å². The van der Waals surface area contributed by atoms with Gasteiger partial charge in [-0.1, -0.05) is 25.5 Å². The molecule has 0 spiro atoms. The van der Waals surface area contributed by atoms with E-state index in [9.17, 15) is 0 Å². The molecule has 2 heterocycles. The van der Waals surface area contributed by atoms with Crippen molar-refractivity contribution in [2.24, 2.45) is 10.9 Å². The van der Waals surface area contributed by atoms with E-state index in [1.165, 1.54) is 31.4 Å². The van der Waals surface area contributed by atoms with Crippen LogP contribution < -0.4 is 15.4 Å². The summed E-state index contributed by atoms with van der Waals surface area (Å²) < 4.78 is 11.7. The van der Waals surface area contributed by atoms with Crippen LogP contribution in [-0.4, -0.2) is 62.9 Å². The molecule has 2 fully saturated rings. The Morgan fingerprint density at radius 3 is 2.84 bits per heavy atom. The van der Waals surface area contributed by atoms with Gasteiger partial charge in [-0.3, -0.25) is 4.90 Å². The molecule has 1 aromatic carbocycles. The summed E-state index contributed by atoms with van der Waals surface area (Å²) in [6, 6.07) is 7.00. The lowest BCUT2D eigenvalue weighted by Gasteiger charge is -2.35. The molecule has 1 aromatic rings. The lowest BCUT2D eigenvalue weighted by Crippen LogP contribution is -2.49. The number of hydrogen-bond acceptors (Lipinski definition) is 4. The Labute approximate surface area is 205 Å². The summed E-state index contributed by atoms with van der Waals surface area (Å²) in [5.74, 6) is 2.33. The molecule has 176 valence electrons. The minimum Gasteiger partial charge on any atom is -0.493 e. The molecule has 2 atom stereocenters. The molecule has 0 aromatic heterocycles. The van der Waals surface area contributed by atoms with Crippen LogP contribution in [0.4, 0.5) is 0 Å². The summed E-state index contributed by atoms with van der Waals surface area (Å²) in [7, 11) is 0. The first-order valence-corrected chi connectivity index (χ1v) is 11.8. The van der Waals surface area contributed by atoms with Crippen molar-refractivity contribution in [1.82, 2.24) is 15.5 Å². The Bertz CT molecular complexity index is 680. The van der Waals surface area contributed by atoms with E-state index in [0.29, 0.717) is 25.1 Å². The van der Waals surface area contributed by atoms with Gasteiger partial charge in [0.05, 0.1) is 19.8 Å². The van der Waals surface area contributed by atoms with E-state index in [-0.39, 0.29) is 24.0 Å². The fourth-order valence-corrected chi connectivity index (χ4v) is 4.28. The van der Waals surface area contributed by atoms with Crippen LogP contribution >= 0.6 is 24.0 Å². The molecule has 2 unspecified atom stereocenters. The summed E-state index contributed by atoms with van der Waals surface area (Å²) in [6.45, 7) is 13.6. The van der Waals surface area contributed by atoms with E-state index in [2.05, 4.69) is 54.5 Å². The van der Waals surface area contributed by atoms with Crippen LogP contribution in [0.25, 0.3) is 0 Å². The van der Waals surface area contributed by atoms with Crippen LogP contribution in [0.3, 0.4) is 0 Å². The number of likely N-dealkylation sites (tertiary alicyclic amines) is 1. The monoisotopic (exact) mass is 544 g/mol. The predicted molar refractivity (Wildman–Crippen MR) is 139 cm³/mol. The lowest BCUT2D eigenvalue weighted by atomic mass is 10.0. The van der Waals surface area contributed by atoms with Gasteiger partial charge in [-0.2, -0.15) is 0 Å². The first-order valence-electron chi connectivity index (χ1n) is 11.8. The number of likely N-dealkylation sites (N-methyl/N-ethyl adjacent to an activating group) is 1. The molecule has 3 rings (SSSR count). The average Bonchev–Trinajstić information content (AvgIpc) is 3.29. The summed E-state index contributed by atoms with van der Waals surface area (Å²) in [4.78, 5) is 7.44. The fraction of sp³-hybridized carbons (Fsp3) is 0.708. The van der Waals surface area contributed by atoms with E-state index in [0.717, 1.165) is 56.5 Å². The highest BCUT2D eigenvalue weighted by Gasteiger charge is 2.21. The molecule has 7 heteroatoms. The zero-order valence-corrected chi connectivity index (χ0v) is 21.8. The Kier molecular flexibility index (Phi) is 12.0. The second kappa shape index (κ2) is 14.2. The molecule has 0 bridgehead atoms. The average molecular weight is 545 g/mol. The molecule has 6 nitrogen and oxygen atoms in total. The zero-order valence-electron chi connectivity index (χ0n) is 19.5. The molecule has 0 aliphatic carbocycles. The largest absolute Gasteiger partial charge is 0.493 e. The van der Waals surface area contributed by atoms with E-state index >= 15 is 0 Å². The third-order valence-electron chi connectivity index (χ3n) is 6.13. The molecule has 0 saturated carbocycles. The molecule has 2 saturated heterocycles. The second-order valence-corrected chi connectivity index (χ2v) is 8.51. The molecule has 0 amide bonds. The van der Waals surface area contributed by atoms with Crippen LogP contribution in [0.2, 0.25) is 0 Å². The number of nitrogens with zero attached hydrogens (tertiary/aromatic N) is 2. The number of benzene rings is 1. The summed E-state index contributed by atoms with van der Waals surface area (Å²) in [5.41, 5.74) is 2.34. The number of guanidine groups is 1. The molecular weight excluding hydrogens is 503 g/mol. The Balaban J connectivity index is 0.00000341. The van der Waals surface area contributed by atoms with Crippen molar-refractivity contribution in [3.8, 4) is 5.75 Å². The quantitative estimate of drug-likeness (QED) is 0.280. The van der Waals surface area contributed by atoms with Crippen molar-refractivity contribution in [3.05, 3.63) is 29.3 Å². The van der Waals surface area contributed by atoms with E-state index in [4.69, 9.17) is 14.5 Å². The van der Waals surface area contributed by atoms with Crippen LogP contribution in [0.5, 0.6) is 5.75 Å². The highest BCUT2D eigenvalue weighted by Crippen LogP contribution is 2.23. The van der Waals surface area contributed by atoms with Crippen molar-refractivity contribution in [2.45, 2.75) is 59.0 Å². The van der Waals surface area contributed by atoms with Gasteiger partial charge in [0, 0.05) is 37.2 Å². The standard InChI is InChI=1S/C24H40N4O2.HI/c1-4-25-24(27-16-22-8-6-7-12-28(22)5-2)26-15-21-10-9-19(3)14-23(21)30-18-20-11-13-29-17-20;/h9-10,14,20,22H,4-8,11-13,15-18H2,1-3H3,(H2,25,26,27);1H. The molecule has 0 radical (unpaired) electrons. The first-order chi connectivity index (χ1) is 14.7. The Morgan fingerprint density at radius 2 is 2.10 bits per heavy atom. The number of piperidine rings is 1. The molecule has 31 heavy (non-hydrogen) atoms. The van der Waals surface area contributed by atoms with Gasteiger partial charge in [-0.25, -0.2) is 4.99 Å². The highest BCUT2D eigenvalue weighted by atomic mass is 127. The number of halogens is 1. The van der Waals surface area contributed by atoms with E-state index in [1.807, 2.05) is 0 Å². The SMILES string of the molecule is CCNC(=NCc1ccc(C)cc1OCC1CCOC1)NCC1CCCCN1CC.I. The number of nitrogens with one attached hydrogen (secondary N) is 2. The second-order valence-electron chi connectivity index (χ2n) is 8.51. The molecule has 2 aliphatic heterocycles. The maximum absolute atomic E-state index is 6.18. The molecular formula is C24H41IN4O2. The Hall–Kier alpha value is -1.06. The normalized spacial score (nSPS) is 22.1. The van der Waals surface area contributed by atoms with Crippen molar-refractivity contribution < 1.29 is 9.47 Å². The minimum absolute atomic E-state index is 0. The van der Waals surface area contributed by atoms with Gasteiger partial charge in [-0.15, -0.1) is 24.0 Å².